The SMILES string of the molecule is O=S(=O)(c1ccc2nc(Nc3ccc(F)cc3F)ccc2c1)N1CCOCC1. The van der Waals surface area contributed by atoms with Gasteiger partial charge < -0.3 is 10.1 Å². The molecule has 6 nitrogen and oxygen atoms in total. The lowest BCUT2D eigenvalue weighted by atomic mass is 10.2. The molecular formula is C19H17F2N3O3S. The zero-order valence-corrected chi connectivity index (χ0v) is 15.5. The van der Waals surface area contributed by atoms with E-state index in [9.17, 15) is 17.2 Å². The Bertz CT molecular complexity index is 1130. The fourth-order valence-corrected chi connectivity index (χ4v) is 4.44. The summed E-state index contributed by atoms with van der Waals surface area (Å²) >= 11 is 0. The molecule has 0 radical (unpaired) electrons. The number of hydrogen-bond acceptors (Lipinski definition) is 5. The molecule has 0 saturated carbocycles. The fourth-order valence-electron chi connectivity index (χ4n) is 3.00. The molecule has 0 amide bonds. The van der Waals surface area contributed by atoms with E-state index in [0.717, 1.165) is 12.1 Å². The van der Waals surface area contributed by atoms with Gasteiger partial charge >= 0.3 is 0 Å². The Morgan fingerprint density at radius 3 is 2.54 bits per heavy atom. The van der Waals surface area contributed by atoms with Crippen LogP contribution in [0.25, 0.3) is 10.9 Å². The molecule has 0 bridgehead atoms. The van der Waals surface area contributed by atoms with Gasteiger partial charge in [-0.25, -0.2) is 22.2 Å². The van der Waals surface area contributed by atoms with E-state index in [1.54, 1.807) is 24.3 Å². The highest BCUT2D eigenvalue weighted by Crippen LogP contribution is 2.25. The minimum absolute atomic E-state index is 0.0970. The molecule has 0 spiro atoms. The molecule has 3 aromatic rings. The van der Waals surface area contributed by atoms with Gasteiger partial charge in [0.25, 0.3) is 0 Å². The fraction of sp³-hybridized carbons (Fsp3) is 0.211. The largest absolute Gasteiger partial charge is 0.379 e. The molecule has 1 aliphatic heterocycles. The summed E-state index contributed by atoms with van der Waals surface area (Å²) in [4.78, 5) is 4.56. The molecule has 9 heteroatoms. The van der Waals surface area contributed by atoms with Gasteiger partial charge in [0.05, 0.1) is 29.3 Å². The van der Waals surface area contributed by atoms with Crippen molar-refractivity contribution < 1.29 is 21.9 Å². The minimum atomic E-state index is -3.60. The first-order valence-electron chi connectivity index (χ1n) is 8.64. The molecule has 0 unspecified atom stereocenters. The first kappa shape index (κ1) is 18.7. The van der Waals surface area contributed by atoms with Gasteiger partial charge in [-0.15, -0.1) is 0 Å². The number of nitrogens with one attached hydrogen (secondary N) is 1. The smallest absolute Gasteiger partial charge is 0.243 e. The van der Waals surface area contributed by atoms with Crippen LogP contribution in [0.3, 0.4) is 0 Å². The van der Waals surface area contributed by atoms with E-state index in [1.807, 2.05) is 0 Å². The second-order valence-corrected chi connectivity index (χ2v) is 8.25. The summed E-state index contributed by atoms with van der Waals surface area (Å²) in [6, 6.07) is 11.2. The molecule has 2 heterocycles. The molecule has 1 aliphatic rings. The molecule has 28 heavy (non-hydrogen) atoms. The van der Waals surface area contributed by atoms with Crippen molar-refractivity contribution in [3.63, 3.8) is 0 Å². The Morgan fingerprint density at radius 2 is 1.79 bits per heavy atom. The number of halogens is 2. The van der Waals surface area contributed by atoms with Crippen molar-refractivity contribution in [3.05, 3.63) is 60.2 Å². The molecule has 1 aromatic heterocycles. The maximum absolute atomic E-state index is 13.8. The van der Waals surface area contributed by atoms with Gasteiger partial charge in [0, 0.05) is 24.5 Å². The number of pyridine rings is 1. The Labute approximate surface area is 160 Å². The molecule has 2 aromatic carbocycles. The van der Waals surface area contributed by atoms with E-state index in [1.165, 1.54) is 16.4 Å². The monoisotopic (exact) mass is 405 g/mol. The number of benzene rings is 2. The summed E-state index contributed by atoms with van der Waals surface area (Å²) in [5, 5.41) is 3.43. The van der Waals surface area contributed by atoms with Gasteiger partial charge in [0.1, 0.15) is 17.5 Å². The summed E-state index contributed by atoms with van der Waals surface area (Å²) in [5.74, 6) is -1.03. The number of sulfonamides is 1. The number of nitrogens with zero attached hydrogens (tertiary/aromatic N) is 2. The molecule has 0 atom stereocenters. The molecule has 146 valence electrons. The second-order valence-electron chi connectivity index (χ2n) is 6.32. The number of morpholine rings is 1. The van der Waals surface area contributed by atoms with Crippen molar-refractivity contribution in [2.24, 2.45) is 0 Å². The van der Waals surface area contributed by atoms with Crippen LogP contribution in [0.4, 0.5) is 20.3 Å². The van der Waals surface area contributed by atoms with Crippen LogP contribution >= 0.6 is 0 Å². The van der Waals surface area contributed by atoms with E-state index >= 15 is 0 Å². The lowest BCUT2D eigenvalue weighted by Gasteiger charge is -2.26. The molecular weight excluding hydrogens is 388 g/mol. The van der Waals surface area contributed by atoms with Crippen molar-refractivity contribution in [1.29, 1.82) is 0 Å². The zero-order chi connectivity index (χ0) is 19.7. The van der Waals surface area contributed by atoms with Gasteiger partial charge in [-0.05, 0) is 42.5 Å². The second kappa shape index (κ2) is 7.42. The Hall–Kier alpha value is -2.62. The third kappa shape index (κ3) is 3.68. The molecule has 1 N–H and O–H groups in total. The van der Waals surface area contributed by atoms with Crippen molar-refractivity contribution in [2.75, 3.05) is 31.6 Å². The number of ether oxygens (including phenoxy) is 1. The predicted octanol–water partition coefficient (Wildman–Crippen LogP) is 3.28. The first-order valence-corrected chi connectivity index (χ1v) is 10.1. The van der Waals surface area contributed by atoms with E-state index in [0.29, 0.717) is 43.0 Å². The average molecular weight is 405 g/mol. The maximum atomic E-state index is 13.8. The third-order valence-electron chi connectivity index (χ3n) is 4.46. The van der Waals surface area contributed by atoms with E-state index in [-0.39, 0.29) is 10.6 Å². The highest BCUT2D eigenvalue weighted by atomic mass is 32.2. The molecule has 1 fully saturated rings. The van der Waals surface area contributed by atoms with Gasteiger partial charge in [-0.2, -0.15) is 4.31 Å². The van der Waals surface area contributed by atoms with Crippen LogP contribution < -0.4 is 5.32 Å². The Kier molecular flexibility index (Phi) is 4.96. The number of aromatic nitrogens is 1. The summed E-state index contributed by atoms with van der Waals surface area (Å²) in [6.07, 6.45) is 0. The number of anilines is 2. The summed E-state index contributed by atoms with van der Waals surface area (Å²) in [5.41, 5.74) is 0.646. The van der Waals surface area contributed by atoms with Crippen molar-refractivity contribution >= 4 is 32.4 Å². The van der Waals surface area contributed by atoms with E-state index in [4.69, 9.17) is 4.74 Å². The van der Waals surface area contributed by atoms with Crippen molar-refractivity contribution in [1.82, 2.24) is 9.29 Å². The van der Waals surface area contributed by atoms with Crippen LogP contribution in [0.2, 0.25) is 0 Å². The summed E-state index contributed by atoms with van der Waals surface area (Å²) < 4.78 is 59.0. The van der Waals surface area contributed by atoms with Crippen LogP contribution in [0.5, 0.6) is 0 Å². The zero-order valence-electron chi connectivity index (χ0n) is 14.7. The molecule has 4 rings (SSSR count). The maximum Gasteiger partial charge on any atom is 0.243 e. The van der Waals surface area contributed by atoms with Crippen LogP contribution in [-0.4, -0.2) is 44.0 Å². The minimum Gasteiger partial charge on any atom is -0.379 e. The highest BCUT2D eigenvalue weighted by molar-refractivity contribution is 7.89. The van der Waals surface area contributed by atoms with Crippen LogP contribution in [0.15, 0.2) is 53.4 Å². The van der Waals surface area contributed by atoms with Gasteiger partial charge in [0.15, 0.2) is 0 Å². The number of fused-ring (bicyclic) bond motifs is 1. The highest BCUT2D eigenvalue weighted by Gasteiger charge is 2.26. The van der Waals surface area contributed by atoms with Gasteiger partial charge in [0.2, 0.25) is 10.0 Å². The predicted molar refractivity (Wildman–Crippen MR) is 101 cm³/mol. The van der Waals surface area contributed by atoms with Gasteiger partial charge in [-0.3, -0.25) is 0 Å². The Balaban J connectivity index is 1.62. The summed E-state index contributed by atoms with van der Waals surface area (Å²) in [6.45, 7) is 1.40. The quantitative estimate of drug-likeness (QED) is 0.721. The average Bonchev–Trinajstić information content (AvgIpc) is 2.70. The number of hydrogen-bond donors (Lipinski definition) is 1. The standard InChI is InChI=1S/C19H17F2N3O3S/c20-14-2-4-18(16(21)12-14)23-19-6-1-13-11-15(3-5-17(13)22-19)28(25,26)24-7-9-27-10-8-24/h1-6,11-12H,7-10H2,(H,22,23). The number of rotatable bonds is 4. The first-order chi connectivity index (χ1) is 13.4. The topological polar surface area (TPSA) is 71.5 Å². The van der Waals surface area contributed by atoms with Crippen LogP contribution in [-0.2, 0) is 14.8 Å². The van der Waals surface area contributed by atoms with E-state index < -0.39 is 21.7 Å². The Morgan fingerprint density at radius 1 is 1.00 bits per heavy atom. The van der Waals surface area contributed by atoms with Crippen molar-refractivity contribution in [2.45, 2.75) is 4.90 Å². The van der Waals surface area contributed by atoms with Gasteiger partial charge in [-0.1, -0.05) is 0 Å². The van der Waals surface area contributed by atoms with E-state index in [2.05, 4.69) is 10.3 Å². The van der Waals surface area contributed by atoms with Crippen LogP contribution in [0, 0.1) is 11.6 Å². The normalized spacial score (nSPS) is 15.6. The third-order valence-corrected chi connectivity index (χ3v) is 6.36. The molecule has 1 saturated heterocycles. The molecule has 0 aliphatic carbocycles. The lowest BCUT2D eigenvalue weighted by molar-refractivity contribution is 0.0730. The van der Waals surface area contributed by atoms with Crippen molar-refractivity contribution in [3.8, 4) is 0 Å². The van der Waals surface area contributed by atoms with Crippen LogP contribution in [0.1, 0.15) is 0 Å². The lowest BCUT2D eigenvalue weighted by Crippen LogP contribution is -2.40. The summed E-state index contributed by atoms with van der Waals surface area (Å²) in [7, 11) is -3.60.